The molecule has 3 amide bonds. The predicted molar refractivity (Wildman–Crippen MR) is 235 cm³/mol. The van der Waals surface area contributed by atoms with E-state index >= 15 is 0 Å². The lowest BCUT2D eigenvalue weighted by Gasteiger charge is -2.36. The van der Waals surface area contributed by atoms with Crippen LogP contribution in [-0.4, -0.2) is 86.9 Å². The first kappa shape index (κ1) is 43.6. The first-order chi connectivity index (χ1) is 28.5. The predicted octanol–water partition coefficient (Wildman–Crippen LogP) is 8.17. The van der Waals surface area contributed by atoms with Gasteiger partial charge in [0.2, 0.25) is 19.2 Å². The highest BCUT2D eigenvalue weighted by Gasteiger charge is 2.66. The quantitative estimate of drug-likeness (QED) is 0.0668. The lowest BCUT2D eigenvalue weighted by Crippen LogP contribution is -2.58. The van der Waals surface area contributed by atoms with Crippen molar-refractivity contribution in [1.82, 2.24) is 25.5 Å². The van der Waals surface area contributed by atoms with Crippen LogP contribution in [0.1, 0.15) is 78.0 Å². The third kappa shape index (κ3) is 9.36. The van der Waals surface area contributed by atoms with Crippen molar-refractivity contribution in [3.05, 3.63) is 64.7 Å². The highest BCUT2D eigenvalue weighted by atomic mass is 32.1. The molecule has 1 aromatic carbocycles. The zero-order valence-corrected chi connectivity index (χ0v) is 37.5. The Hall–Kier alpha value is -4.50. The number of fused-ring (bicyclic) bond motifs is 1. The summed E-state index contributed by atoms with van der Waals surface area (Å²) in [5, 5.41) is 12.9. The second-order valence-electron chi connectivity index (χ2n) is 17.4. The maximum atomic E-state index is 14.9. The molecular formula is C43H55N6O8PS2. The number of benzene rings is 1. The SMILES string of the molecule is C=C[C@@H]1C[C@]1(NC(=O)[C@@H]1C[C@@H](Oc2cc(-c3csc(NC(C)C)n3)nc3cc(OC)ccc23)CN1C(=O)[C@@H](NC(=O)OC1CCCC1)C(C)(C)C)P(=O)(O)Cc1cccs1. The van der Waals surface area contributed by atoms with E-state index in [1.807, 2.05) is 75.7 Å². The number of anilines is 1. The Kier molecular flexibility index (Phi) is 12.7. The minimum atomic E-state index is -4.04. The number of methoxy groups -OCH3 is 1. The van der Waals surface area contributed by atoms with Gasteiger partial charge < -0.3 is 40.0 Å². The van der Waals surface area contributed by atoms with Crippen molar-refractivity contribution in [2.75, 3.05) is 19.0 Å². The second kappa shape index (κ2) is 17.5. The van der Waals surface area contributed by atoms with Crippen molar-refractivity contribution in [2.45, 2.75) is 115 Å². The average molecular weight is 879 g/mol. The first-order valence-corrected chi connectivity index (χ1v) is 24.0. The molecule has 2 saturated carbocycles. The number of hydrogen-bond donors (Lipinski definition) is 4. The summed E-state index contributed by atoms with van der Waals surface area (Å²) in [4.78, 5) is 66.3. The van der Waals surface area contributed by atoms with Crippen LogP contribution in [-0.2, 0) is 25.1 Å². The molecule has 17 heteroatoms. The lowest BCUT2D eigenvalue weighted by molar-refractivity contribution is -0.142. The van der Waals surface area contributed by atoms with E-state index in [1.54, 1.807) is 19.3 Å². The molecule has 3 aromatic heterocycles. The van der Waals surface area contributed by atoms with E-state index < -0.39 is 60.1 Å². The van der Waals surface area contributed by atoms with E-state index in [-0.39, 0.29) is 37.7 Å². The zero-order valence-electron chi connectivity index (χ0n) is 34.9. The fourth-order valence-corrected chi connectivity index (χ4v) is 12.5. The molecule has 14 nitrogen and oxygen atoms in total. The van der Waals surface area contributed by atoms with Crippen molar-refractivity contribution < 1.29 is 38.1 Å². The third-order valence-corrected chi connectivity index (χ3v) is 15.9. The standard InChI is InChI=1S/C43H55N6O8PS2/c1-8-26-21-43(26,58(53,54)23-30-14-11-17-59-30)48-38(50)35-19-29(22-49(35)39(51)37(42(4,5)6)47-41(52)57-27-12-9-10-13-27)56-36-20-33(34-24-60-40(46-34)44-25(2)3)45-32-18-28(55-7)15-16-31(32)36/h8,11,14-18,20,24-27,29,35,37H,1,9-10,12-13,19,21-23H2,2-7H3,(H,44,46)(H,47,52)(H,48,50)(H,53,54)/t26-,29-,35+,37-,43+/m1/s1. The molecule has 0 spiro atoms. The number of ether oxygens (including phenoxy) is 3. The Morgan fingerprint density at radius 3 is 2.52 bits per heavy atom. The number of nitrogens with zero attached hydrogens (tertiary/aromatic N) is 3. The summed E-state index contributed by atoms with van der Waals surface area (Å²) >= 11 is 2.84. The Morgan fingerprint density at radius 2 is 1.87 bits per heavy atom. The molecule has 60 heavy (non-hydrogen) atoms. The molecule has 3 fully saturated rings. The minimum absolute atomic E-state index is 0.0127. The average Bonchev–Trinajstić information content (AvgIpc) is 3.81. The number of aromatic nitrogens is 2. The van der Waals surface area contributed by atoms with Crippen LogP contribution >= 0.6 is 30.0 Å². The van der Waals surface area contributed by atoms with Gasteiger partial charge in [-0.1, -0.05) is 32.9 Å². The maximum Gasteiger partial charge on any atom is 0.408 e. The summed E-state index contributed by atoms with van der Waals surface area (Å²) in [6.45, 7) is 13.5. The first-order valence-electron chi connectivity index (χ1n) is 20.4. The highest BCUT2D eigenvalue weighted by Crippen LogP contribution is 2.71. The Bertz CT molecular complexity index is 2270. The van der Waals surface area contributed by atoms with Crippen LogP contribution in [0.3, 0.4) is 0 Å². The smallest absolute Gasteiger partial charge is 0.408 e. The van der Waals surface area contributed by atoms with E-state index in [1.165, 1.54) is 27.6 Å². The van der Waals surface area contributed by atoms with E-state index in [0.29, 0.717) is 33.8 Å². The van der Waals surface area contributed by atoms with Crippen LogP contribution in [0.25, 0.3) is 22.3 Å². The van der Waals surface area contributed by atoms with Crippen LogP contribution in [0.5, 0.6) is 11.5 Å². The van der Waals surface area contributed by atoms with E-state index in [0.717, 1.165) is 35.7 Å². The summed E-state index contributed by atoms with van der Waals surface area (Å²) < 4.78 is 32.2. The molecule has 0 bridgehead atoms. The number of rotatable bonds is 15. The van der Waals surface area contributed by atoms with Crippen molar-refractivity contribution in [3.63, 3.8) is 0 Å². The van der Waals surface area contributed by atoms with Crippen molar-refractivity contribution >= 4 is 64.0 Å². The maximum absolute atomic E-state index is 14.9. The van der Waals surface area contributed by atoms with Crippen molar-refractivity contribution in [1.29, 1.82) is 0 Å². The van der Waals surface area contributed by atoms with Gasteiger partial charge in [-0.3, -0.25) is 14.2 Å². The molecule has 6 atom stereocenters. The summed E-state index contributed by atoms with van der Waals surface area (Å²) in [7, 11) is -2.46. The monoisotopic (exact) mass is 878 g/mol. The van der Waals surface area contributed by atoms with Crippen LogP contribution in [0.15, 0.2) is 59.8 Å². The number of carbonyl (C=O) groups is 3. The van der Waals surface area contributed by atoms with Gasteiger partial charge in [0.05, 0.1) is 31.0 Å². The minimum Gasteiger partial charge on any atom is -0.497 e. The van der Waals surface area contributed by atoms with E-state index in [2.05, 4.69) is 22.5 Å². The summed E-state index contributed by atoms with van der Waals surface area (Å²) in [6.07, 6.45) is 3.64. The van der Waals surface area contributed by atoms with E-state index in [4.69, 9.17) is 24.2 Å². The highest BCUT2D eigenvalue weighted by molar-refractivity contribution is 7.59. The van der Waals surface area contributed by atoms with Gasteiger partial charge in [0, 0.05) is 46.2 Å². The van der Waals surface area contributed by atoms with Gasteiger partial charge in [-0.05, 0) is 74.9 Å². The molecule has 4 N–H and O–H groups in total. The molecule has 3 aliphatic rings. The molecule has 4 heterocycles. The number of nitrogens with one attached hydrogen (secondary N) is 3. The fraction of sp³-hybridized carbons (Fsp3) is 0.512. The number of pyridine rings is 1. The molecular weight excluding hydrogens is 824 g/mol. The van der Waals surface area contributed by atoms with Gasteiger partial charge in [-0.2, -0.15) is 0 Å². The topological polar surface area (TPSA) is 181 Å². The molecule has 1 aliphatic heterocycles. The van der Waals surface area contributed by atoms with Crippen molar-refractivity contribution in [2.24, 2.45) is 11.3 Å². The molecule has 1 unspecified atom stereocenters. The molecule has 0 radical (unpaired) electrons. The third-order valence-electron chi connectivity index (χ3n) is 11.4. The Labute approximate surface area is 358 Å². The van der Waals surface area contributed by atoms with Gasteiger partial charge in [0.15, 0.2) is 5.13 Å². The van der Waals surface area contributed by atoms with E-state index in [9.17, 15) is 23.8 Å². The normalized spacial score (nSPS) is 23.2. The second-order valence-corrected chi connectivity index (χ2v) is 21.8. The van der Waals surface area contributed by atoms with Crippen LogP contribution in [0.2, 0.25) is 0 Å². The number of carbonyl (C=O) groups excluding carboxylic acids is 3. The summed E-state index contributed by atoms with van der Waals surface area (Å²) in [6, 6.07) is 8.89. The molecule has 2 aliphatic carbocycles. The molecule has 4 aromatic rings. The van der Waals surface area contributed by atoms with Crippen LogP contribution in [0, 0.1) is 11.3 Å². The van der Waals surface area contributed by atoms with Gasteiger partial charge in [-0.25, -0.2) is 14.8 Å². The van der Waals surface area contributed by atoms with Gasteiger partial charge >= 0.3 is 6.09 Å². The number of likely N-dealkylation sites (tertiary alicyclic amines) is 1. The number of thiazole rings is 1. The molecule has 1 saturated heterocycles. The van der Waals surface area contributed by atoms with Gasteiger partial charge in [0.1, 0.15) is 46.8 Å². The Morgan fingerprint density at radius 1 is 1.10 bits per heavy atom. The summed E-state index contributed by atoms with van der Waals surface area (Å²) in [5.74, 6) is -0.449. The number of amides is 3. The van der Waals surface area contributed by atoms with Crippen LogP contribution in [0.4, 0.5) is 9.93 Å². The van der Waals surface area contributed by atoms with Gasteiger partial charge in [0.25, 0.3) is 0 Å². The Balaban J connectivity index is 1.22. The molecule has 322 valence electrons. The van der Waals surface area contributed by atoms with Crippen molar-refractivity contribution in [3.8, 4) is 22.9 Å². The molecule has 7 rings (SSSR count). The number of thiophene rings is 1. The van der Waals surface area contributed by atoms with Gasteiger partial charge in [-0.15, -0.1) is 29.3 Å². The van der Waals surface area contributed by atoms with Crippen LogP contribution < -0.4 is 25.4 Å². The number of hydrogen-bond acceptors (Lipinski definition) is 12. The lowest BCUT2D eigenvalue weighted by atomic mass is 9.85. The zero-order chi connectivity index (χ0) is 43.0. The summed E-state index contributed by atoms with van der Waals surface area (Å²) in [5.41, 5.74) is 1.02. The largest absolute Gasteiger partial charge is 0.497 e. The fourth-order valence-electron chi connectivity index (χ4n) is 8.15. The number of alkyl carbamates (subject to hydrolysis) is 1.